The summed E-state index contributed by atoms with van der Waals surface area (Å²) in [5.74, 6) is 0. The first-order chi connectivity index (χ1) is 20.1. The Morgan fingerprint density at radius 2 is 1.37 bits per heavy atom. The number of pyridine rings is 1. The summed E-state index contributed by atoms with van der Waals surface area (Å²) < 4.78 is 7.31. The minimum Gasteiger partial charge on any atom is -0.455 e. The van der Waals surface area contributed by atoms with E-state index in [9.17, 15) is 10.5 Å². The van der Waals surface area contributed by atoms with E-state index < -0.39 is 0 Å². The Bertz CT molecular complexity index is 2050. The van der Waals surface area contributed by atoms with Crippen LogP contribution in [0.4, 0.5) is 17.1 Å². The normalized spacial score (nSPS) is 10.3. The number of furan rings is 1. The maximum atomic E-state index is 9.25. The van der Waals surface area contributed by atoms with E-state index in [0.717, 1.165) is 48.8 Å². The molecule has 0 unspecified atom stereocenters. The van der Waals surface area contributed by atoms with Gasteiger partial charge in [-0.25, -0.2) is 0 Å². The standard InChI is InChI=1S/C33H16N6OS/c34-16-21-1-7-26(8-2-21)39(27-9-3-22(17-35)4-10-27)28-11-12-29-30(14-28)40-31-15-32(41-33(29)31)24-5-6-25(38-20-24)13-23(18-36)19-37/h1-15,20H. The summed E-state index contributed by atoms with van der Waals surface area (Å²) in [6.45, 7) is 0. The highest BCUT2D eigenvalue weighted by molar-refractivity contribution is 7.23. The summed E-state index contributed by atoms with van der Waals surface area (Å²) in [6, 6.07) is 34.4. The predicted octanol–water partition coefficient (Wildman–Crippen LogP) is 8.35. The molecular weight excluding hydrogens is 528 g/mol. The van der Waals surface area contributed by atoms with Gasteiger partial charge in [-0.2, -0.15) is 21.0 Å². The van der Waals surface area contributed by atoms with E-state index >= 15 is 0 Å². The third-order valence-electron chi connectivity index (χ3n) is 6.50. The Morgan fingerprint density at radius 3 is 1.93 bits per heavy atom. The first-order valence-corrected chi connectivity index (χ1v) is 13.2. The van der Waals surface area contributed by atoms with E-state index in [1.54, 1.807) is 47.9 Å². The predicted molar refractivity (Wildman–Crippen MR) is 158 cm³/mol. The van der Waals surface area contributed by atoms with Crippen LogP contribution < -0.4 is 4.90 Å². The maximum Gasteiger partial charge on any atom is 0.146 e. The number of thiophene rings is 1. The molecule has 0 atom stereocenters. The van der Waals surface area contributed by atoms with E-state index in [-0.39, 0.29) is 5.57 Å². The number of nitriles is 4. The average molecular weight is 545 g/mol. The highest BCUT2D eigenvalue weighted by atomic mass is 32.1. The van der Waals surface area contributed by atoms with Crippen molar-refractivity contribution in [3.63, 3.8) is 0 Å². The number of hydrogen-bond donors (Lipinski definition) is 0. The average Bonchev–Trinajstić information content (AvgIpc) is 3.59. The van der Waals surface area contributed by atoms with E-state index in [4.69, 9.17) is 14.9 Å². The maximum absolute atomic E-state index is 9.25. The third-order valence-corrected chi connectivity index (χ3v) is 7.70. The summed E-state index contributed by atoms with van der Waals surface area (Å²) in [6.07, 6.45) is 3.17. The van der Waals surface area contributed by atoms with Crippen LogP contribution in [0.15, 0.2) is 101 Å². The van der Waals surface area contributed by atoms with Gasteiger partial charge in [-0.05, 0) is 78.9 Å². The minimum atomic E-state index is 0.00153. The number of aromatic nitrogens is 1. The van der Waals surface area contributed by atoms with Crippen LogP contribution in [0.2, 0.25) is 0 Å². The third kappa shape index (κ3) is 4.76. The molecular formula is C33H16N6OS. The topological polar surface area (TPSA) is 124 Å². The molecule has 0 fully saturated rings. The number of nitrogens with zero attached hydrogens (tertiary/aromatic N) is 6. The lowest BCUT2D eigenvalue weighted by molar-refractivity contribution is 0.670. The molecule has 0 saturated heterocycles. The molecule has 0 aliphatic heterocycles. The second-order valence-corrected chi connectivity index (χ2v) is 10.0. The Balaban J connectivity index is 1.38. The van der Waals surface area contributed by atoms with Crippen molar-refractivity contribution < 1.29 is 4.42 Å². The van der Waals surface area contributed by atoms with Gasteiger partial charge in [-0.3, -0.25) is 4.98 Å². The second kappa shape index (κ2) is 10.5. The number of fused-ring (bicyclic) bond motifs is 3. The number of hydrogen-bond acceptors (Lipinski definition) is 8. The van der Waals surface area contributed by atoms with Gasteiger partial charge >= 0.3 is 0 Å². The van der Waals surface area contributed by atoms with Gasteiger partial charge in [-0.15, -0.1) is 11.3 Å². The van der Waals surface area contributed by atoms with Crippen molar-refractivity contribution in [3.05, 3.63) is 114 Å². The van der Waals surface area contributed by atoms with Crippen molar-refractivity contribution in [1.82, 2.24) is 4.98 Å². The molecule has 41 heavy (non-hydrogen) atoms. The van der Waals surface area contributed by atoms with Crippen LogP contribution in [-0.4, -0.2) is 4.98 Å². The second-order valence-electron chi connectivity index (χ2n) is 8.99. The number of anilines is 3. The number of allylic oxidation sites excluding steroid dienone is 1. The zero-order chi connectivity index (χ0) is 28.3. The van der Waals surface area contributed by atoms with Crippen LogP contribution in [0.5, 0.6) is 0 Å². The molecule has 0 N–H and O–H groups in total. The van der Waals surface area contributed by atoms with Crippen molar-refractivity contribution in [2.75, 3.05) is 4.90 Å². The van der Waals surface area contributed by atoms with Crippen LogP contribution in [-0.2, 0) is 0 Å². The fourth-order valence-corrected chi connectivity index (χ4v) is 5.62. The molecule has 0 bridgehead atoms. The Morgan fingerprint density at radius 1 is 0.732 bits per heavy atom. The summed E-state index contributed by atoms with van der Waals surface area (Å²) in [4.78, 5) is 7.42. The molecule has 3 aromatic carbocycles. The first-order valence-electron chi connectivity index (χ1n) is 12.3. The SMILES string of the molecule is N#CC(C#N)=Cc1ccc(-c2cc3oc4cc(N(c5ccc(C#N)cc5)c5ccc(C#N)cc5)ccc4c3s2)cn1. The summed E-state index contributed by atoms with van der Waals surface area (Å²) in [5.41, 5.74) is 6.70. The van der Waals surface area contributed by atoms with Crippen molar-refractivity contribution in [3.8, 4) is 34.7 Å². The Kier molecular flexibility index (Phi) is 6.44. The van der Waals surface area contributed by atoms with Crippen molar-refractivity contribution in [1.29, 1.82) is 21.0 Å². The molecule has 0 aliphatic carbocycles. The van der Waals surface area contributed by atoms with E-state index in [1.807, 2.05) is 66.7 Å². The smallest absolute Gasteiger partial charge is 0.146 e. The van der Waals surface area contributed by atoms with Gasteiger partial charge in [0.2, 0.25) is 0 Å². The Hall–Kier alpha value is -6.19. The number of rotatable bonds is 5. The molecule has 0 spiro atoms. The van der Waals surface area contributed by atoms with Crippen LogP contribution in [0.25, 0.3) is 37.8 Å². The lowest BCUT2D eigenvalue weighted by Crippen LogP contribution is -2.09. The highest BCUT2D eigenvalue weighted by Crippen LogP contribution is 2.42. The fourth-order valence-electron chi connectivity index (χ4n) is 4.51. The van der Waals surface area contributed by atoms with E-state index in [2.05, 4.69) is 22.0 Å². The molecule has 3 aromatic heterocycles. The molecule has 0 aliphatic rings. The molecule has 0 amide bonds. The Labute approximate surface area is 238 Å². The molecule has 7 nitrogen and oxygen atoms in total. The highest BCUT2D eigenvalue weighted by Gasteiger charge is 2.17. The zero-order valence-corrected chi connectivity index (χ0v) is 22.1. The largest absolute Gasteiger partial charge is 0.455 e. The van der Waals surface area contributed by atoms with Gasteiger partial charge in [0.25, 0.3) is 0 Å². The van der Waals surface area contributed by atoms with Gasteiger partial charge in [-0.1, -0.05) is 0 Å². The first kappa shape index (κ1) is 25.1. The lowest BCUT2D eigenvalue weighted by atomic mass is 10.1. The lowest BCUT2D eigenvalue weighted by Gasteiger charge is -2.25. The van der Waals surface area contributed by atoms with Crippen LogP contribution >= 0.6 is 11.3 Å². The van der Waals surface area contributed by atoms with E-state index in [1.165, 1.54) is 6.08 Å². The van der Waals surface area contributed by atoms with Gasteiger partial charge in [0.15, 0.2) is 0 Å². The summed E-state index contributed by atoms with van der Waals surface area (Å²) in [5, 5.41) is 37.4. The molecule has 190 valence electrons. The van der Waals surface area contributed by atoms with Crippen molar-refractivity contribution in [2.24, 2.45) is 0 Å². The minimum absolute atomic E-state index is 0.00153. The summed E-state index contributed by atoms with van der Waals surface area (Å²) in [7, 11) is 0. The zero-order valence-electron chi connectivity index (χ0n) is 21.2. The summed E-state index contributed by atoms with van der Waals surface area (Å²) >= 11 is 1.60. The molecule has 8 heteroatoms. The quantitative estimate of drug-likeness (QED) is 0.200. The fraction of sp³-hybridized carbons (Fsp3) is 0. The van der Waals surface area contributed by atoms with Gasteiger partial charge in [0, 0.05) is 51.2 Å². The molecule has 0 radical (unpaired) electrons. The van der Waals surface area contributed by atoms with Crippen molar-refractivity contribution in [2.45, 2.75) is 0 Å². The van der Waals surface area contributed by atoms with Gasteiger partial charge in [0.1, 0.15) is 28.9 Å². The van der Waals surface area contributed by atoms with Crippen LogP contribution in [0.3, 0.4) is 0 Å². The van der Waals surface area contributed by atoms with Gasteiger partial charge < -0.3 is 9.32 Å². The van der Waals surface area contributed by atoms with E-state index in [0.29, 0.717) is 16.8 Å². The van der Waals surface area contributed by atoms with Crippen LogP contribution in [0, 0.1) is 45.3 Å². The number of benzene rings is 3. The molecule has 6 rings (SSSR count). The monoisotopic (exact) mass is 544 g/mol. The molecule has 6 aromatic rings. The molecule has 3 heterocycles. The van der Waals surface area contributed by atoms with Gasteiger partial charge in [0.05, 0.1) is 33.7 Å². The molecule has 0 saturated carbocycles. The van der Waals surface area contributed by atoms with Crippen LogP contribution in [0.1, 0.15) is 16.8 Å². The van der Waals surface area contributed by atoms with Crippen molar-refractivity contribution >= 4 is 55.7 Å².